The number of para-hydroxylation sites is 1. The number of nitrogens with one attached hydrogen (secondary N) is 2. The Hall–Kier alpha value is -4.97. The zero-order chi connectivity index (χ0) is 29.9. The molecule has 0 aliphatic carbocycles. The lowest BCUT2D eigenvalue weighted by atomic mass is 10.2. The second-order valence-electron chi connectivity index (χ2n) is 9.16. The summed E-state index contributed by atoms with van der Waals surface area (Å²) in [5, 5.41) is 5.09. The molecule has 0 aliphatic rings. The topological polar surface area (TPSA) is 102 Å². The van der Waals surface area contributed by atoms with Gasteiger partial charge in [-0.25, -0.2) is 9.38 Å². The van der Waals surface area contributed by atoms with Crippen LogP contribution in [0.4, 0.5) is 24.5 Å². The summed E-state index contributed by atoms with van der Waals surface area (Å²) in [7, 11) is 0. The molecule has 5 aromatic rings. The van der Waals surface area contributed by atoms with Gasteiger partial charge in [0.1, 0.15) is 22.1 Å². The summed E-state index contributed by atoms with van der Waals surface area (Å²) in [6.45, 7) is 1.92. The minimum absolute atomic E-state index is 0.108. The van der Waals surface area contributed by atoms with Crippen molar-refractivity contribution in [3.8, 4) is 11.5 Å². The zero-order valence-electron chi connectivity index (χ0n) is 22.1. The van der Waals surface area contributed by atoms with Gasteiger partial charge in [0, 0.05) is 23.1 Å². The second-order valence-corrected chi connectivity index (χ2v) is 10.1. The Bertz CT molecular complexity index is 1820. The fourth-order valence-electron chi connectivity index (χ4n) is 4.15. The van der Waals surface area contributed by atoms with Gasteiger partial charge in [-0.15, -0.1) is 0 Å². The van der Waals surface area contributed by atoms with E-state index in [9.17, 15) is 27.6 Å². The summed E-state index contributed by atoms with van der Waals surface area (Å²) in [6.07, 6.45) is -3.40. The third-order valence-electron chi connectivity index (χ3n) is 6.04. The van der Waals surface area contributed by atoms with E-state index in [1.807, 2.05) is 25.1 Å². The maximum absolute atomic E-state index is 13.4. The summed E-state index contributed by atoms with van der Waals surface area (Å²) in [5.41, 5.74) is -1.16. The summed E-state index contributed by atoms with van der Waals surface area (Å²) in [4.78, 5) is 44.4. The van der Waals surface area contributed by atoms with Gasteiger partial charge in [0.2, 0.25) is 0 Å². The molecular formula is C30H23F3N4O4S. The minimum Gasteiger partial charge on any atom is -0.457 e. The van der Waals surface area contributed by atoms with Crippen LogP contribution in [0, 0.1) is 0 Å². The first-order valence-electron chi connectivity index (χ1n) is 12.8. The zero-order valence-corrected chi connectivity index (χ0v) is 22.9. The van der Waals surface area contributed by atoms with Gasteiger partial charge in [0.05, 0.1) is 5.56 Å². The van der Waals surface area contributed by atoms with E-state index < -0.39 is 29.1 Å². The summed E-state index contributed by atoms with van der Waals surface area (Å²) in [6, 6.07) is 21.0. The highest BCUT2D eigenvalue weighted by molar-refractivity contribution is 7.19. The molecule has 0 fully saturated rings. The lowest BCUT2D eigenvalue weighted by molar-refractivity contribution is -0.137. The van der Waals surface area contributed by atoms with Crippen LogP contribution >= 0.6 is 11.3 Å². The number of alkyl halides is 3. The van der Waals surface area contributed by atoms with Gasteiger partial charge in [-0.05, 0) is 61.0 Å². The number of benzene rings is 3. The Morgan fingerprint density at radius 3 is 2.26 bits per heavy atom. The molecule has 0 saturated carbocycles. The van der Waals surface area contributed by atoms with Crippen molar-refractivity contribution in [2.24, 2.45) is 0 Å². The molecule has 2 amide bonds. The predicted octanol–water partition coefficient (Wildman–Crippen LogP) is 7.02. The standard InChI is InChI=1S/C30H23F3N4O4S/c1-2-7-20-17-24(38)37-25(27(39)35-21-9-6-8-18(16-21)30(31,32)33)26(42-29(37)36-20)28(40)34-19-12-14-23(15-13-19)41-22-10-4-3-5-11-22/h3-6,8-17H,2,7H2,1H3,(H,34,40)(H,35,39). The average Bonchev–Trinajstić information content (AvgIpc) is 3.35. The van der Waals surface area contributed by atoms with Crippen LogP contribution in [-0.2, 0) is 12.6 Å². The number of amides is 2. The predicted molar refractivity (Wildman–Crippen MR) is 154 cm³/mol. The fraction of sp³-hybridized carbons (Fsp3) is 0.133. The normalized spacial score (nSPS) is 11.3. The van der Waals surface area contributed by atoms with E-state index in [2.05, 4.69) is 15.6 Å². The van der Waals surface area contributed by atoms with Gasteiger partial charge in [0.25, 0.3) is 17.4 Å². The Kier molecular flexibility index (Phi) is 8.07. The second kappa shape index (κ2) is 11.9. The van der Waals surface area contributed by atoms with Gasteiger partial charge in [-0.2, -0.15) is 13.2 Å². The third-order valence-corrected chi connectivity index (χ3v) is 7.08. The maximum atomic E-state index is 13.4. The SMILES string of the molecule is CCCc1cc(=O)n2c(C(=O)Nc3cccc(C(F)(F)F)c3)c(C(=O)Nc3ccc(Oc4ccccc4)cc3)sc2n1. The van der Waals surface area contributed by atoms with Gasteiger partial charge in [-0.3, -0.25) is 14.4 Å². The Labute approximate surface area is 241 Å². The van der Waals surface area contributed by atoms with Gasteiger partial charge in [0.15, 0.2) is 4.96 Å². The van der Waals surface area contributed by atoms with E-state index in [0.717, 1.165) is 33.9 Å². The van der Waals surface area contributed by atoms with E-state index in [4.69, 9.17) is 4.74 Å². The van der Waals surface area contributed by atoms with Crippen molar-refractivity contribution < 1.29 is 27.5 Å². The number of carbonyl (C=O) groups excluding carboxylic acids is 2. The van der Waals surface area contributed by atoms with Crippen molar-refractivity contribution >= 4 is 39.5 Å². The first-order valence-corrected chi connectivity index (χ1v) is 13.6. The highest BCUT2D eigenvalue weighted by atomic mass is 32.1. The van der Waals surface area contributed by atoms with Crippen LogP contribution in [-0.4, -0.2) is 21.2 Å². The largest absolute Gasteiger partial charge is 0.457 e. The number of halogens is 3. The van der Waals surface area contributed by atoms with Crippen LogP contribution in [0.5, 0.6) is 11.5 Å². The number of rotatable bonds is 8. The molecule has 0 saturated heterocycles. The van der Waals surface area contributed by atoms with Crippen molar-refractivity contribution in [3.05, 3.63) is 117 Å². The Morgan fingerprint density at radius 2 is 1.57 bits per heavy atom. The molecule has 0 spiro atoms. The third kappa shape index (κ3) is 6.33. The molecule has 5 rings (SSSR count). The first-order chi connectivity index (χ1) is 20.1. The maximum Gasteiger partial charge on any atom is 0.416 e. The summed E-state index contributed by atoms with van der Waals surface area (Å²) < 4.78 is 46.4. The van der Waals surface area contributed by atoms with Gasteiger partial charge < -0.3 is 15.4 Å². The van der Waals surface area contributed by atoms with Crippen molar-refractivity contribution in [1.82, 2.24) is 9.38 Å². The van der Waals surface area contributed by atoms with Crippen molar-refractivity contribution in [2.75, 3.05) is 10.6 Å². The molecule has 2 aromatic heterocycles. The van der Waals surface area contributed by atoms with Gasteiger partial charge >= 0.3 is 6.18 Å². The molecule has 0 aliphatic heterocycles. The van der Waals surface area contributed by atoms with Crippen molar-refractivity contribution in [1.29, 1.82) is 0 Å². The van der Waals surface area contributed by atoms with E-state index in [-0.39, 0.29) is 21.2 Å². The van der Waals surface area contributed by atoms with Crippen molar-refractivity contribution in [2.45, 2.75) is 25.9 Å². The van der Waals surface area contributed by atoms with Gasteiger partial charge in [-0.1, -0.05) is 48.9 Å². The molecule has 0 radical (unpaired) electrons. The number of aromatic nitrogens is 2. The van der Waals surface area contributed by atoms with Crippen LogP contribution < -0.4 is 20.9 Å². The molecule has 0 bridgehead atoms. The number of hydrogen-bond donors (Lipinski definition) is 2. The van der Waals surface area contributed by atoms with Crippen LogP contribution in [0.3, 0.4) is 0 Å². The smallest absolute Gasteiger partial charge is 0.416 e. The molecule has 12 heteroatoms. The number of carbonyl (C=O) groups is 2. The minimum atomic E-state index is -4.63. The molecule has 2 heterocycles. The summed E-state index contributed by atoms with van der Waals surface area (Å²) >= 11 is 0.831. The number of aryl methyl sites for hydroxylation is 1. The average molecular weight is 593 g/mol. The molecule has 2 N–H and O–H groups in total. The molecular weight excluding hydrogens is 569 g/mol. The van der Waals surface area contributed by atoms with Crippen molar-refractivity contribution in [3.63, 3.8) is 0 Å². The first kappa shape index (κ1) is 28.6. The Balaban J connectivity index is 1.47. The van der Waals surface area contributed by atoms with E-state index >= 15 is 0 Å². The molecule has 42 heavy (non-hydrogen) atoms. The number of thiazole rings is 1. The number of nitrogens with zero attached hydrogens (tertiary/aromatic N) is 2. The Morgan fingerprint density at radius 1 is 0.881 bits per heavy atom. The monoisotopic (exact) mass is 592 g/mol. The van der Waals surface area contributed by atoms with E-state index in [1.165, 1.54) is 12.1 Å². The molecule has 8 nitrogen and oxygen atoms in total. The number of ether oxygens (including phenoxy) is 1. The fourth-order valence-corrected chi connectivity index (χ4v) is 5.19. The lowest BCUT2D eigenvalue weighted by Crippen LogP contribution is -2.25. The van der Waals surface area contributed by atoms with E-state index in [1.54, 1.807) is 36.4 Å². The number of anilines is 2. The highest BCUT2D eigenvalue weighted by Crippen LogP contribution is 2.31. The van der Waals surface area contributed by atoms with Crippen LogP contribution in [0.25, 0.3) is 4.96 Å². The molecule has 214 valence electrons. The highest BCUT2D eigenvalue weighted by Gasteiger charge is 2.31. The molecule has 0 atom stereocenters. The van der Waals surface area contributed by atoms with Crippen LogP contribution in [0.2, 0.25) is 0 Å². The lowest BCUT2D eigenvalue weighted by Gasteiger charge is -2.11. The molecule has 3 aromatic carbocycles. The quantitative estimate of drug-likeness (QED) is 0.202. The number of hydrogen-bond acceptors (Lipinski definition) is 6. The van der Waals surface area contributed by atoms with E-state index in [0.29, 0.717) is 35.7 Å². The van der Waals surface area contributed by atoms with Crippen LogP contribution in [0.1, 0.15) is 44.8 Å². The van der Waals surface area contributed by atoms with Crippen LogP contribution in [0.15, 0.2) is 89.7 Å². The number of fused-ring (bicyclic) bond motifs is 1. The molecule has 0 unspecified atom stereocenters. The summed E-state index contributed by atoms with van der Waals surface area (Å²) in [5.74, 6) is -0.477.